The van der Waals surface area contributed by atoms with E-state index in [2.05, 4.69) is 20.4 Å². The first-order valence-corrected chi connectivity index (χ1v) is 7.47. The number of anilines is 1. The van der Waals surface area contributed by atoms with Gasteiger partial charge in [-0.15, -0.1) is 0 Å². The molecule has 1 aromatic heterocycles. The highest BCUT2D eigenvalue weighted by atomic mass is 19.1. The van der Waals surface area contributed by atoms with Crippen molar-refractivity contribution in [2.24, 2.45) is 5.92 Å². The van der Waals surface area contributed by atoms with E-state index in [9.17, 15) is 9.18 Å². The zero-order chi connectivity index (χ0) is 15.4. The van der Waals surface area contributed by atoms with Gasteiger partial charge in [0.25, 0.3) is 0 Å². The molecule has 116 valence electrons. The third-order valence-electron chi connectivity index (χ3n) is 3.94. The second-order valence-electron chi connectivity index (χ2n) is 5.68. The molecule has 3 rings (SSSR count). The number of aromatic amines is 1. The van der Waals surface area contributed by atoms with E-state index in [1.807, 2.05) is 6.07 Å². The standard InChI is InChI=1S/C16H19FN4O/c17-14-5-1-3-12(7-14)10-21-6-2-4-13(11-21)16(22)20-15-8-18-19-9-15/h1,3,5,7-9,13H,2,4,6,10-11H2,(H,18,19)(H,20,22)/t13-/m0/s1. The molecular weight excluding hydrogens is 283 g/mol. The van der Waals surface area contributed by atoms with Gasteiger partial charge in [-0.25, -0.2) is 4.39 Å². The van der Waals surface area contributed by atoms with Crippen LogP contribution >= 0.6 is 0 Å². The van der Waals surface area contributed by atoms with Crippen LogP contribution in [0.2, 0.25) is 0 Å². The Balaban J connectivity index is 1.58. The second-order valence-corrected chi connectivity index (χ2v) is 5.68. The molecule has 1 aliphatic rings. The van der Waals surface area contributed by atoms with E-state index in [0.29, 0.717) is 18.8 Å². The van der Waals surface area contributed by atoms with Crippen molar-refractivity contribution in [3.63, 3.8) is 0 Å². The summed E-state index contributed by atoms with van der Waals surface area (Å²) in [6.45, 7) is 2.31. The number of amides is 1. The van der Waals surface area contributed by atoms with Gasteiger partial charge in [-0.05, 0) is 37.1 Å². The van der Waals surface area contributed by atoms with E-state index in [4.69, 9.17) is 0 Å². The lowest BCUT2D eigenvalue weighted by molar-refractivity contribution is -0.121. The summed E-state index contributed by atoms with van der Waals surface area (Å²) in [7, 11) is 0. The molecule has 0 spiro atoms. The van der Waals surface area contributed by atoms with Gasteiger partial charge < -0.3 is 5.32 Å². The number of rotatable bonds is 4. The number of hydrogen-bond donors (Lipinski definition) is 2. The molecule has 22 heavy (non-hydrogen) atoms. The zero-order valence-electron chi connectivity index (χ0n) is 12.3. The fourth-order valence-corrected chi connectivity index (χ4v) is 2.87. The highest BCUT2D eigenvalue weighted by Crippen LogP contribution is 2.20. The van der Waals surface area contributed by atoms with Crippen molar-refractivity contribution in [1.29, 1.82) is 0 Å². The van der Waals surface area contributed by atoms with Gasteiger partial charge >= 0.3 is 0 Å². The predicted octanol–water partition coefficient (Wildman–Crippen LogP) is 2.40. The number of carbonyl (C=O) groups is 1. The van der Waals surface area contributed by atoms with E-state index in [0.717, 1.165) is 24.9 Å². The number of hydrogen-bond acceptors (Lipinski definition) is 3. The van der Waals surface area contributed by atoms with Crippen molar-refractivity contribution in [3.05, 3.63) is 48.0 Å². The van der Waals surface area contributed by atoms with Gasteiger partial charge in [0.05, 0.1) is 17.8 Å². The third-order valence-corrected chi connectivity index (χ3v) is 3.94. The van der Waals surface area contributed by atoms with Crippen LogP contribution in [0, 0.1) is 11.7 Å². The van der Waals surface area contributed by atoms with Crippen LogP contribution < -0.4 is 5.32 Å². The molecule has 6 heteroatoms. The maximum absolute atomic E-state index is 13.2. The topological polar surface area (TPSA) is 61.0 Å². The van der Waals surface area contributed by atoms with Gasteiger partial charge in [-0.3, -0.25) is 14.8 Å². The fraction of sp³-hybridized carbons (Fsp3) is 0.375. The maximum atomic E-state index is 13.2. The lowest BCUT2D eigenvalue weighted by Gasteiger charge is -2.31. The van der Waals surface area contributed by atoms with Crippen molar-refractivity contribution in [3.8, 4) is 0 Å². The predicted molar refractivity (Wildman–Crippen MR) is 81.6 cm³/mol. The van der Waals surface area contributed by atoms with Gasteiger partial charge in [0, 0.05) is 19.3 Å². The molecule has 1 amide bonds. The first-order chi connectivity index (χ1) is 10.7. The summed E-state index contributed by atoms with van der Waals surface area (Å²) < 4.78 is 13.2. The molecule has 0 saturated carbocycles. The largest absolute Gasteiger partial charge is 0.323 e. The summed E-state index contributed by atoms with van der Waals surface area (Å²) in [5.74, 6) is -0.244. The van der Waals surface area contributed by atoms with E-state index < -0.39 is 0 Å². The Hall–Kier alpha value is -2.21. The molecular formula is C16H19FN4O. The number of aromatic nitrogens is 2. The smallest absolute Gasteiger partial charge is 0.228 e. The average Bonchev–Trinajstić information content (AvgIpc) is 3.00. The number of nitrogens with one attached hydrogen (secondary N) is 2. The van der Waals surface area contributed by atoms with E-state index >= 15 is 0 Å². The molecule has 2 heterocycles. The van der Waals surface area contributed by atoms with Crippen molar-refractivity contribution in [2.75, 3.05) is 18.4 Å². The number of nitrogens with zero attached hydrogens (tertiary/aromatic N) is 2. The first kappa shape index (κ1) is 14.7. The monoisotopic (exact) mass is 302 g/mol. The number of H-pyrrole nitrogens is 1. The summed E-state index contributed by atoms with van der Waals surface area (Å²) in [6.07, 6.45) is 5.10. The molecule has 1 saturated heterocycles. The third kappa shape index (κ3) is 3.71. The van der Waals surface area contributed by atoms with Crippen LogP contribution in [0.15, 0.2) is 36.7 Å². The van der Waals surface area contributed by atoms with Crippen LogP contribution in [0.5, 0.6) is 0 Å². The molecule has 1 aliphatic heterocycles. The van der Waals surface area contributed by atoms with Crippen molar-refractivity contribution >= 4 is 11.6 Å². The van der Waals surface area contributed by atoms with E-state index in [1.54, 1.807) is 24.5 Å². The molecule has 1 aromatic carbocycles. The lowest BCUT2D eigenvalue weighted by Crippen LogP contribution is -2.40. The minimum Gasteiger partial charge on any atom is -0.323 e. The maximum Gasteiger partial charge on any atom is 0.228 e. The summed E-state index contributed by atoms with van der Waals surface area (Å²) in [6, 6.07) is 6.63. The summed E-state index contributed by atoms with van der Waals surface area (Å²) in [4.78, 5) is 14.5. The SMILES string of the molecule is O=C(Nc1cn[nH]c1)[C@H]1CCCN(Cc2cccc(F)c2)C1. The molecule has 2 aromatic rings. The van der Waals surface area contributed by atoms with Gasteiger partial charge in [-0.2, -0.15) is 5.10 Å². The van der Waals surface area contributed by atoms with Gasteiger partial charge in [0.15, 0.2) is 0 Å². The first-order valence-electron chi connectivity index (χ1n) is 7.47. The number of benzene rings is 1. The van der Waals surface area contributed by atoms with Gasteiger partial charge in [-0.1, -0.05) is 12.1 Å². The van der Waals surface area contributed by atoms with E-state index in [-0.39, 0.29) is 17.6 Å². The van der Waals surface area contributed by atoms with Gasteiger partial charge in [0.2, 0.25) is 5.91 Å². The zero-order valence-corrected chi connectivity index (χ0v) is 12.3. The minimum absolute atomic E-state index is 0.0188. The Bertz CT molecular complexity index is 629. The molecule has 1 atom stereocenters. The Morgan fingerprint density at radius 2 is 2.41 bits per heavy atom. The Morgan fingerprint density at radius 1 is 1.50 bits per heavy atom. The molecule has 2 N–H and O–H groups in total. The fourth-order valence-electron chi connectivity index (χ4n) is 2.87. The number of likely N-dealkylation sites (tertiary alicyclic amines) is 1. The minimum atomic E-state index is -0.219. The van der Waals surface area contributed by atoms with Crippen LogP contribution in [0.1, 0.15) is 18.4 Å². The molecule has 0 aliphatic carbocycles. The quantitative estimate of drug-likeness (QED) is 0.911. The lowest BCUT2D eigenvalue weighted by atomic mass is 9.96. The average molecular weight is 302 g/mol. The van der Waals surface area contributed by atoms with E-state index in [1.165, 1.54) is 6.07 Å². The van der Waals surface area contributed by atoms with Crippen LogP contribution in [0.3, 0.4) is 0 Å². The molecule has 0 radical (unpaired) electrons. The molecule has 5 nitrogen and oxygen atoms in total. The Labute approximate surface area is 128 Å². The number of halogens is 1. The highest BCUT2D eigenvalue weighted by Gasteiger charge is 2.26. The van der Waals surface area contributed by atoms with Crippen molar-refractivity contribution in [2.45, 2.75) is 19.4 Å². The normalized spacial score (nSPS) is 19.0. The molecule has 0 unspecified atom stereocenters. The molecule has 0 bridgehead atoms. The van der Waals surface area contributed by atoms with Crippen LogP contribution in [-0.4, -0.2) is 34.1 Å². The summed E-state index contributed by atoms with van der Waals surface area (Å²) >= 11 is 0. The van der Waals surface area contributed by atoms with Crippen LogP contribution in [0.25, 0.3) is 0 Å². The number of piperidine rings is 1. The van der Waals surface area contributed by atoms with Gasteiger partial charge in [0.1, 0.15) is 5.82 Å². The van der Waals surface area contributed by atoms with Crippen LogP contribution in [-0.2, 0) is 11.3 Å². The Morgan fingerprint density at radius 3 is 3.18 bits per heavy atom. The summed E-state index contributed by atoms with van der Waals surface area (Å²) in [5.41, 5.74) is 1.63. The number of carbonyl (C=O) groups excluding carboxylic acids is 1. The Kier molecular flexibility index (Phi) is 4.48. The molecule has 1 fully saturated rings. The van der Waals surface area contributed by atoms with Crippen LogP contribution in [0.4, 0.5) is 10.1 Å². The summed E-state index contributed by atoms with van der Waals surface area (Å²) in [5, 5.41) is 9.35. The van der Waals surface area contributed by atoms with Crippen molar-refractivity contribution < 1.29 is 9.18 Å². The van der Waals surface area contributed by atoms with Crippen molar-refractivity contribution in [1.82, 2.24) is 15.1 Å². The highest BCUT2D eigenvalue weighted by molar-refractivity contribution is 5.92. The second kappa shape index (κ2) is 6.70.